The molecule has 0 unspecified atom stereocenters. The van der Waals surface area contributed by atoms with E-state index in [-0.39, 0.29) is 11.9 Å². The zero-order valence-electron chi connectivity index (χ0n) is 10.9. The first-order valence-corrected chi connectivity index (χ1v) is 6.48. The van der Waals surface area contributed by atoms with Crippen LogP contribution in [0.2, 0.25) is 0 Å². The van der Waals surface area contributed by atoms with Gasteiger partial charge < -0.3 is 11.1 Å². The highest BCUT2D eigenvalue weighted by molar-refractivity contribution is 5.92. The number of hydrogen-bond donors (Lipinski definition) is 2. The van der Waals surface area contributed by atoms with Crippen molar-refractivity contribution in [1.29, 1.82) is 0 Å². The Labute approximate surface area is 108 Å². The molecule has 3 N–H and O–H groups in total. The van der Waals surface area contributed by atoms with E-state index in [1.165, 1.54) is 0 Å². The van der Waals surface area contributed by atoms with Crippen LogP contribution in [0.3, 0.4) is 0 Å². The number of benzene rings is 1. The molecule has 1 aromatic carbocycles. The largest absolute Gasteiger partial charge is 0.327 e. The predicted molar refractivity (Wildman–Crippen MR) is 73.5 cm³/mol. The first-order chi connectivity index (χ1) is 8.63. The van der Waals surface area contributed by atoms with E-state index in [9.17, 15) is 4.79 Å². The number of likely N-dealkylation sites (tertiary alicyclic amines) is 1. The normalized spacial score (nSPS) is 20.7. The molecular formula is C14H21N3O. The smallest absolute Gasteiger partial charge is 0.238 e. The summed E-state index contributed by atoms with van der Waals surface area (Å²) in [6.45, 7) is 4.23. The summed E-state index contributed by atoms with van der Waals surface area (Å²) in [5.41, 5.74) is 7.91. The number of hydrogen-bond acceptors (Lipinski definition) is 3. The molecule has 0 saturated carbocycles. The molecule has 2 rings (SSSR count). The Hall–Kier alpha value is -1.39. The predicted octanol–water partition coefficient (Wildman–Crippen LogP) is 1.36. The van der Waals surface area contributed by atoms with Crippen LogP contribution in [0.25, 0.3) is 0 Å². The number of aryl methyl sites for hydroxylation is 1. The molecule has 0 bridgehead atoms. The number of piperidine rings is 1. The molecule has 0 spiro atoms. The molecule has 98 valence electrons. The molecule has 0 aliphatic carbocycles. The highest BCUT2D eigenvalue weighted by Gasteiger charge is 2.18. The molecule has 1 amide bonds. The Balaban J connectivity index is 1.85. The van der Waals surface area contributed by atoms with E-state index in [1.54, 1.807) is 0 Å². The summed E-state index contributed by atoms with van der Waals surface area (Å²) in [6, 6.07) is 8.05. The SMILES string of the molecule is Cc1cccc(NC(=O)CN2CCC[C@@H](N)C2)c1. The van der Waals surface area contributed by atoms with Gasteiger partial charge in [0.2, 0.25) is 5.91 Å². The van der Waals surface area contributed by atoms with Gasteiger partial charge in [0.25, 0.3) is 0 Å². The Morgan fingerprint density at radius 1 is 1.56 bits per heavy atom. The number of anilines is 1. The second kappa shape index (κ2) is 5.98. The van der Waals surface area contributed by atoms with Crippen LogP contribution in [0.15, 0.2) is 24.3 Å². The third-order valence-electron chi connectivity index (χ3n) is 3.21. The maximum absolute atomic E-state index is 11.9. The summed E-state index contributed by atoms with van der Waals surface area (Å²) >= 11 is 0. The first kappa shape index (κ1) is 13.1. The maximum Gasteiger partial charge on any atom is 0.238 e. The fourth-order valence-corrected chi connectivity index (χ4v) is 2.36. The van der Waals surface area contributed by atoms with Crippen LogP contribution >= 0.6 is 0 Å². The van der Waals surface area contributed by atoms with Gasteiger partial charge in [-0.05, 0) is 44.0 Å². The van der Waals surface area contributed by atoms with E-state index in [0.717, 1.165) is 37.2 Å². The number of carbonyl (C=O) groups is 1. The number of carbonyl (C=O) groups excluding carboxylic acids is 1. The quantitative estimate of drug-likeness (QED) is 0.848. The van der Waals surface area contributed by atoms with Gasteiger partial charge in [-0.15, -0.1) is 0 Å². The average Bonchev–Trinajstić information content (AvgIpc) is 2.28. The molecule has 1 aliphatic heterocycles. The van der Waals surface area contributed by atoms with Crippen LogP contribution in [-0.2, 0) is 4.79 Å². The van der Waals surface area contributed by atoms with Gasteiger partial charge in [-0.25, -0.2) is 0 Å². The minimum Gasteiger partial charge on any atom is -0.327 e. The van der Waals surface area contributed by atoms with Crippen LogP contribution in [-0.4, -0.2) is 36.5 Å². The lowest BCUT2D eigenvalue weighted by atomic mass is 10.1. The fraction of sp³-hybridized carbons (Fsp3) is 0.500. The lowest BCUT2D eigenvalue weighted by molar-refractivity contribution is -0.117. The van der Waals surface area contributed by atoms with Crippen molar-refractivity contribution in [3.8, 4) is 0 Å². The van der Waals surface area contributed by atoms with Crippen molar-refractivity contribution in [2.75, 3.05) is 25.0 Å². The molecule has 1 heterocycles. The molecule has 0 aromatic heterocycles. The van der Waals surface area contributed by atoms with Gasteiger partial charge in [-0.3, -0.25) is 9.69 Å². The van der Waals surface area contributed by atoms with Crippen LogP contribution in [0.4, 0.5) is 5.69 Å². The van der Waals surface area contributed by atoms with Crippen molar-refractivity contribution in [2.45, 2.75) is 25.8 Å². The minimum absolute atomic E-state index is 0.0368. The number of nitrogens with zero attached hydrogens (tertiary/aromatic N) is 1. The van der Waals surface area contributed by atoms with E-state index in [2.05, 4.69) is 10.2 Å². The van der Waals surface area contributed by atoms with E-state index in [1.807, 2.05) is 31.2 Å². The van der Waals surface area contributed by atoms with E-state index in [4.69, 9.17) is 5.73 Å². The van der Waals surface area contributed by atoms with E-state index < -0.39 is 0 Å². The monoisotopic (exact) mass is 247 g/mol. The molecule has 1 fully saturated rings. The van der Waals surface area contributed by atoms with Crippen molar-refractivity contribution < 1.29 is 4.79 Å². The second-order valence-corrected chi connectivity index (χ2v) is 5.06. The van der Waals surface area contributed by atoms with Crippen LogP contribution in [0, 0.1) is 6.92 Å². The maximum atomic E-state index is 11.9. The topological polar surface area (TPSA) is 58.4 Å². The molecule has 4 heteroatoms. The van der Waals surface area contributed by atoms with Crippen molar-refractivity contribution in [3.63, 3.8) is 0 Å². The summed E-state index contributed by atoms with van der Waals surface area (Å²) in [5, 5.41) is 2.92. The molecular weight excluding hydrogens is 226 g/mol. The average molecular weight is 247 g/mol. The Bertz CT molecular complexity index is 419. The Morgan fingerprint density at radius 2 is 2.39 bits per heavy atom. The zero-order chi connectivity index (χ0) is 13.0. The molecule has 1 atom stereocenters. The van der Waals surface area contributed by atoms with Crippen LogP contribution < -0.4 is 11.1 Å². The van der Waals surface area contributed by atoms with E-state index >= 15 is 0 Å². The van der Waals surface area contributed by atoms with Gasteiger partial charge in [-0.2, -0.15) is 0 Å². The van der Waals surface area contributed by atoms with Crippen molar-refractivity contribution >= 4 is 11.6 Å². The molecule has 1 saturated heterocycles. The van der Waals surface area contributed by atoms with Gasteiger partial charge >= 0.3 is 0 Å². The van der Waals surface area contributed by atoms with Gasteiger partial charge in [-0.1, -0.05) is 12.1 Å². The summed E-state index contributed by atoms with van der Waals surface area (Å²) in [6.07, 6.45) is 2.15. The highest BCUT2D eigenvalue weighted by atomic mass is 16.2. The third kappa shape index (κ3) is 3.82. The first-order valence-electron chi connectivity index (χ1n) is 6.48. The van der Waals surface area contributed by atoms with Crippen LogP contribution in [0.5, 0.6) is 0 Å². The minimum atomic E-state index is 0.0368. The number of nitrogens with two attached hydrogens (primary N) is 1. The molecule has 0 radical (unpaired) electrons. The molecule has 1 aliphatic rings. The molecule has 4 nitrogen and oxygen atoms in total. The summed E-state index contributed by atoms with van der Waals surface area (Å²) in [7, 11) is 0. The summed E-state index contributed by atoms with van der Waals surface area (Å²) in [4.78, 5) is 14.0. The number of rotatable bonds is 3. The van der Waals surface area contributed by atoms with Gasteiger partial charge in [0.05, 0.1) is 6.54 Å². The summed E-state index contributed by atoms with van der Waals surface area (Å²) in [5.74, 6) is 0.0368. The zero-order valence-corrected chi connectivity index (χ0v) is 10.9. The second-order valence-electron chi connectivity index (χ2n) is 5.06. The van der Waals surface area contributed by atoms with Gasteiger partial charge in [0.15, 0.2) is 0 Å². The fourth-order valence-electron chi connectivity index (χ4n) is 2.36. The standard InChI is InChI=1S/C14H21N3O/c1-11-4-2-6-13(8-11)16-14(18)10-17-7-3-5-12(15)9-17/h2,4,6,8,12H,3,5,7,9-10,15H2,1H3,(H,16,18)/t12-/m1/s1. The Morgan fingerprint density at radius 3 is 3.11 bits per heavy atom. The lowest BCUT2D eigenvalue weighted by Crippen LogP contribution is -2.45. The van der Waals surface area contributed by atoms with E-state index in [0.29, 0.717) is 6.54 Å². The van der Waals surface area contributed by atoms with Crippen molar-refractivity contribution in [3.05, 3.63) is 29.8 Å². The number of amides is 1. The summed E-state index contributed by atoms with van der Waals surface area (Å²) < 4.78 is 0. The Kier molecular flexibility index (Phi) is 4.33. The van der Waals surface area contributed by atoms with Crippen LogP contribution in [0.1, 0.15) is 18.4 Å². The lowest BCUT2D eigenvalue weighted by Gasteiger charge is -2.29. The molecule has 1 aromatic rings. The van der Waals surface area contributed by atoms with Crippen molar-refractivity contribution in [1.82, 2.24) is 4.90 Å². The molecule has 18 heavy (non-hydrogen) atoms. The van der Waals surface area contributed by atoms with Gasteiger partial charge in [0, 0.05) is 18.3 Å². The highest BCUT2D eigenvalue weighted by Crippen LogP contribution is 2.11. The third-order valence-corrected chi connectivity index (χ3v) is 3.21. The number of nitrogens with one attached hydrogen (secondary N) is 1. The van der Waals surface area contributed by atoms with Gasteiger partial charge in [0.1, 0.15) is 0 Å². The van der Waals surface area contributed by atoms with Crippen molar-refractivity contribution in [2.24, 2.45) is 5.73 Å².